The maximum Gasteiger partial charge on any atom is 0.336 e. The van der Waals surface area contributed by atoms with E-state index in [-0.39, 0.29) is 22.6 Å². The third-order valence-corrected chi connectivity index (χ3v) is 6.06. The molecule has 0 bridgehead atoms. The van der Waals surface area contributed by atoms with Crippen LogP contribution in [0.5, 0.6) is 0 Å². The van der Waals surface area contributed by atoms with Gasteiger partial charge < -0.3 is 15.5 Å². The monoisotopic (exact) mass is 461 g/mol. The van der Waals surface area contributed by atoms with E-state index in [1.165, 1.54) is 89.5 Å². The van der Waals surface area contributed by atoms with Crippen molar-refractivity contribution < 1.29 is 24.6 Å². The van der Waals surface area contributed by atoms with Crippen LogP contribution in [-0.2, 0) is 0 Å². The predicted octanol–water partition coefficient (Wildman–Crippen LogP) is 7.07. The minimum absolute atomic E-state index is 0.161. The molecule has 0 heterocycles. The summed E-state index contributed by atoms with van der Waals surface area (Å²) in [5, 5.41) is 21.0. The molecule has 33 heavy (non-hydrogen) atoms. The first kappa shape index (κ1) is 28.7. The van der Waals surface area contributed by atoms with Gasteiger partial charge in [-0.2, -0.15) is 0 Å². The lowest BCUT2D eigenvalue weighted by atomic mass is 10.0. The third-order valence-electron chi connectivity index (χ3n) is 6.06. The molecule has 1 aromatic carbocycles. The molecule has 1 rings (SSSR count). The number of carboxylic acid groups (broad SMARTS) is 2. The van der Waals surface area contributed by atoms with Crippen LogP contribution >= 0.6 is 0 Å². The number of carbonyl (C=O) groups is 3. The molecule has 6 heteroatoms. The Morgan fingerprint density at radius 2 is 1.06 bits per heavy atom. The highest BCUT2D eigenvalue weighted by molar-refractivity contribution is 6.04. The van der Waals surface area contributed by atoms with Gasteiger partial charge in [0.25, 0.3) is 5.91 Å². The van der Waals surface area contributed by atoms with Crippen molar-refractivity contribution >= 4 is 17.8 Å². The minimum atomic E-state index is -1.36. The molecule has 0 spiro atoms. The fraction of sp³-hybridized carbons (Fsp3) is 0.667. The van der Waals surface area contributed by atoms with Gasteiger partial charge in [0.15, 0.2) is 0 Å². The van der Waals surface area contributed by atoms with E-state index in [4.69, 9.17) is 10.2 Å². The molecule has 0 aromatic heterocycles. The number of aromatic carboxylic acids is 2. The van der Waals surface area contributed by atoms with Crippen LogP contribution in [0.4, 0.5) is 0 Å². The molecule has 0 fully saturated rings. The SMILES string of the molecule is CCCCCCCCCCCCCCCCCCNC(=O)c1ccc(C(=O)O)c(C(=O)O)c1. The second-order valence-electron chi connectivity index (χ2n) is 8.93. The van der Waals surface area contributed by atoms with Crippen LogP contribution in [0.25, 0.3) is 0 Å². The van der Waals surface area contributed by atoms with Crippen molar-refractivity contribution in [3.05, 3.63) is 34.9 Å². The quantitative estimate of drug-likeness (QED) is 0.180. The summed E-state index contributed by atoms with van der Waals surface area (Å²) in [6.07, 6.45) is 20.7. The first-order valence-corrected chi connectivity index (χ1v) is 12.9. The van der Waals surface area contributed by atoms with Gasteiger partial charge in [0.1, 0.15) is 0 Å². The predicted molar refractivity (Wildman–Crippen MR) is 132 cm³/mol. The summed E-state index contributed by atoms with van der Waals surface area (Å²) in [5.74, 6) is -3.07. The summed E-state index contributed by atoms with van der Waals surface area (Å²) in [5.41, 5.74) is -0.539. The van der Waals surface area contributed by atoms with Gasteiger partial charge in [-0.15, -0.1) is 0 Å². The Balaban J connectivity index is 2.01. The van der Waals surface area contributed by atoms with Gasteiger partial charge in [-0.25, -0.2) is 9.59 Å². The number of unbranched alkanes of at least 4 members (excludes halogenated alkanes) is 15. The molecule has 0 aliphatic carbocycles. The summed E-state index contributed by atoms with van der Waals surface area (Å²) >= 11 is 0. The average Bonchev–Trinajstić information content (AvgIpc) is 2.80. The maximum absolute atomic E-state index is 12.2. The van der Waals surface area contributed by atoms with Crippen LogP contribution in [0, 0.1) is 0 Å². The molecule has 186 valence electrons. The molecule has 3 N–H and O–H groups in total. The van der Waals surface area contributed by atoms with Gasteiger partial charge in [0, 0.05) is 12.1 Å². The van der Waals surface area contributed by atoms with Crippen LogP contribution in [0.2, 0.25) is 0 Å². The summed E-state index contributed by atoms with van der Waals surface area (Å²) in [7, 11) is 0. The van der Waals surface area contributed by atoms with Crippen molar-refractivity contribution in [1.82, 2.24) is 5.32 Å². The summed E-state index contributed by atoms with van der Waals surface area (Å²) in [6, 6.07) is 3.63. The van der Waals surface area contributed by atoms with Gasteiger partial charge in [0.2, 0.25) is 0 Å². The summed E-state index contributed by atoms with van der Waals surface area (Å²) in [4.78, 5) is 34.5. The lowest BCUT2D eigenvalue weighted by Gasteiger charge is -2.08. The largest absolute Gasteiger partial charge is 0.478 e. The highest BCUT2D eigenvalue weighted by Crippen LogP contribution is 2.15. The van der Waals surface area contributed by atoms with Crippen molar-refractivity contribution in [2.45, 2.75) is 110 Å². The highest BCUT2D eigenvalue weighted by Gasteiger charge is 2.18. The van der Waals surface area contributed by atoms with Gasteiger partial charge in [0.05, 0.1) is 11.1 Å². The Morgan fingerprint density at radius 3 is 1.48 bits per heavy atom. The highest BCUT2D eigenvalue weighted by atomic mass is 16.4. The number of nitrogens with one attached hydrogen (secondary N) is 1. The van der Waals surface area contributed by atoms with E-state index in [0.29, 0.717) is 6.54 Å². The Hall–Kier alpha value is -2.37. The van der Waals surface area contributed by atoms with E-state index in [0.717, 1.165) is 31.4 Å². The lowest BCUT2D eigenvalue weighted by Crippen LogP contribution is -2.25. The molecule has 0 radical (unpaired) electrons. The van der Waals surface area contributed by atoms with Crippen LogP contribution < -0.4 is 5.32 Å². The fourth-order valence-electron chi connectivity index (χ4n) is 4.03. The number of carbonyl (C=O) groups excluding carboxylic acids is 1. The molecular weight excluding hydrogens is 418 g/mol. The van der Waals surface area contributed by atoms with Crippen molar-refractivity contribution in [3.63, 3.8) is 0 Å². The van der Waals surface area contributed by atoms with Crippen LogP contribution in [-0.4, -0.2) is 34.6 Å². The van der Waals surface area contributed by atoms with E-state index in [1.54, 1.807) is 0 Å². The van der Waals surface area contributed by atoms with Crippen LogP contribution in [0.1, 0.15) is 141 Å². The molecule has 0 atom stereocenters. The van der Waals surface area contributed by atoms with E-state index >= 15 is 0 Å². The van der Waals surface area contributed by atoms with Crippen molar-refractivity contribution in [1.29, 1.82) is 0 Å². The van der Waals surface area contributed by atoms with Crippen molar-refractivity contribution in [2.24, 2.45) is 0 Å². The van der Waals surface area contributed by atoms with Gasteiger partial charge >= 0.3 is 11.9 Å². The van der Waals surface area contributed by atoms with E-state index < -0.39 is 11.9 Å². The fourth-order valence-corrected chi connectivity index (χ4v) is 4.03. The normalized spacial score (nSPS) is 10.8. The minimum Gasteiger partial charge on any atom is -0.478 e. The zero-order valence-corrected chi connectivity index (χ0v) is 20.4. The zero-order valence-electron chi connectivity index (χ0n) is 20.4. The molecule has 1 aromatic rings. The second-order valence-corrected chi connectivity index (χ2v) is 8.93. The molecule has 6 nitrogen and oxygen atoms in total. The number of hydrogen-bond donors (Lipinski definition) is 3. The van der Waals surface area contributed by atoms with Crippen molar-refractivity contribution in [3.8, 4) is 0 Å². The van der Waals surface area contributed by atoms with Crippen molar-refractivity contribution in [2.75, 3.05) is 6.54 Å². The average molecular weight is 462 g/mol. The Morgan fingerprint density at radius 1 is 0.636 bits per heavy atom. The maximum atomic E-state index is 12.2. The van der Waals surface area contributed by atoms with Gasteiger partial charge in [-0.3, -0.25) is 4.79 Å². The molecular formula is C27H43NO5. The van der Waals surface area contributed by atoms with Gasteiger partial charge in [-0.1, -0.05) is 103 Å². The van der Waals surface area contributed by atoms with Crippen LogP contribution in [0.3, 0.4) is 0 Å². The topological polar surface area (TPSA) is 104 Å². The number of rotatable bonds is 20. The summed E-state index contributed by atoms with van der Waals surface area (Å²) in [6.45, 7) is 2.79. The number of carboxylic acids is 2. The molecule has 0 unspecified atom stereocenters. The Bertz CT molecular complexity index is 716. The summed E-state index contributed by atoms with van der Waals surface area (Å²) < 4.78 is 0. The standard InChI is InChI=1S/C27H43NO5/c1-2-3-4-5-6-7-8-9-10-11-12-13-14-15-16-17-20-28-25(29)22-18-19-23(26(30)31)24(21-22)27(32)33/h18-19,21H,2-17,20H2,1H3,(H,28,29)(H,30,31)(H,32,33). The molecule has 0 saturated carbocycles. The zero-order chi connectivity index (χ0) is 24.3. The van der Waals surface area contributed by atoms with Gasteiger partial charge in [-0.05, 0) is 24.6 Å². The van der Waals surface area contributed by atoms with E-state index in [9.17, 15) is 14.4 Å². The number of benzene rings is 1. The number of amides is 1. The molecule has 1 amide bonds. The third kappa shape index (κ3) is 13.1. The first-order chi connectivity index (χ1) is 16.0. The van der Waals surface area contributed by atoms with E-state index in [1.807, 2.05) is 0 Å². The second kappa shape index (κ2) is 18.1. The smallest absolute Gasteiger partial charge is 0.336 e. The number of hydrogen-bond acceptors (Lipinski definition) is 3. The first-order valence-electron chi connectivity index (χ1n) is 12.9. The molecule has 0 aliphatic heterocycles. The lowest BCUT2D eigenvalue weighted by molar-refractivity contribution is 0.0651. The van der Waals surface area contributed by atoms with Crippen LogP contribution in [0.15, 0.2) is 18.2 Å². The van der Waals surface area contributed by atoms with E-state index in [2.05, 4.69) is 12.2 Å². The Labute approximate surface area is 199 Å². The molecule has 0 aliphatic rings. The Kier molecular flexibility index (Phi) is 15.7. The molecule has 0 saturated heterocycles.